The van der Waals surface area contributed by atoms with Crippen LogP contribution in [0.1, 0.15) is 49.9 Å². The molecule has 1 atom stereocenters. The van der Waals surface area contributed by atoms with E-state index in [1.165, 1.54) is 17.6 Å². The topological polar surface area (TPSA) is 82.3 Å². The average molecular weight is 320 g/mol. The molecule has 0 spiro atoms. The number of methoxy groups -OCH3 is 1. The van der Waals surface area contributed by atoms with Crippen LogP contribution in [0.5, 0.6) is 0 Å². The van der Waals surface area contributed by atoms with Gasteiger partial charge in [0, 0.05) is 24.8 Å². The fourth-order valence-corrected chi connectivity index (χ4v) is 3.97. The van der Waals surface area contributed by atoms with Gasteiger partial charge >= 0.3 is 0 Å². The first-order valence-electron chi connectivity index (χ1n) is 6.72. The Balaban J connectivity index is 2.86. The van der Waals surface area contributed by atoms with Crippen molar-refractivity contribution in [1.29, 1.82) is 0 Å². The lowest BCUT2D eigenvalue weighted by atomic mass is 9.98. The molecule has 20 heavy (non-hydrogen) atoms. The Morgan fingerprint density at radius 1 is 1.45 bits per heavy atom. The van der Waals surface area contributed by atoms with Gasteiger partial charge < -0.3 is 10.5 Å². The van der Waals surface area contributed by atoms with Crippen molar-refractivity contribution in [1.82, 2.24) is 4.98 Å². The van der Waals surface area contributed by atoms with Crippen LogP contribution in [-0.2, 0) is 20.2 Å². The number of nitrogens with two attached hydrogens (primary N) is 1. The van der Waals surface area contributed by atoms with Gasteiger partial charge in [0.25, 0.3) is 0 Å². The first kappa shape index (κ1) is 17.6. The molecular weight excluding hydrogens is 296 g/mol. The summed E-state index contributed by atoms with van der Waals surface area (Å²) in [6.45, 7) is 4.13. The van der Waals surface area contributed by atoms with Crippen LogP contribution in [-0.4, -0.2) is 32.5 Å². The van der Waals surface area contributed by atoms with E-state index in [0.717, 1.165) is 23.5 Å². The molecule has 116 valence electrons. The molecule has 1 rings (SSSR count). The van der Waals surface area contributed by atoms with Gasteiger partial charge in [-0.05, 0) is 19.3 Å². The van der Waals surface area contributed by atoms with Gasteiger partial charge in [-0.25, -0.2) is 13.4 Å². The van der Waals surface area contributed by atoms with E-state index in [-0.39, 0.29) is 17.4 Å². The van der Waals surface area contributed by atoms with Crippen molar-refractivity contribution in [2.75, 3.05) is 19.1 Å². The maximum absolute atomic E-state index is 11.2. The van der Waals surface area contributed by atoms with Crippen molar-refractivity contribution in [3.63, 3.8) is 0 Å². The summed E-state index contributed by atoms with van der Waals surface area (Å²) < 4.78 is 28.0. The van der Waals surface area contributed by atoms with Crippen molar-refractivity contribution in [3.05, 3.63) is 16.1 Å². The maximum atomic E-state index is 11.2. The number of nitrogens with zero attached hydrogens (tertiary/aromatic N) is 1. The second kappa shape index (κ2) is 6.98. The van der Waals surface area contributed by atoms with E-state index in [9.17, 15) is 8.42 Å². The molecule has 7 heteroatoms. The number of rotatable bonds is 8. The summed E-state index contributed by atoms with van der Waals surface area (Å²) in [7, 11) is -1.30. The molecule has 0 fully saturated rings. The van der Waals surface area contributed by atoms with E-state index in [4.69, 9.17) is 10.5 Å². The smallest absolute Gasteiger partial charge is 0.147 e. The van der Waals surface area contributed by atoms with Crippen LogP contribution in [0.4, 0.5) is 0 Å². The van der Waals surface area contributed by atoms with Crippen LogP contribution >= 0.6 is 11.3 Å². The predicted molar refractivity (Wildman–Crippen MR) is 82.6 cm³/mol. The largest absolute Gasteiger partial charge is 0.371 e. The molecule has 0 saturated carbocycles. The first-order valence-corrected chi connectivity index (χ1v) is 9.66. The Morgan fingerprint density at radius 2 is 2.05 bits per heavy atom. The van der Waals surface area contributed by atoms with Crippen LogP contribution in [0.2, 0.25) is 0 Å². The van der Waals surface area contributed by atoms with E-state index in [2.05, 4.69) is 18.8 Å². The van der Waals surface area contributed by atoms with Crippen LogP contribution in [0.3, 0.4) is 0 Å². The van der Waals surface area contributed by atoms with E-state index in [1.54, 1.807) is 7.11 Å². The molecule has 0 aliphatic rings. The third-order valence-electron chi connectivity index (χ3n) is 3.62. The van der Waals surface area contributed by atoms with Gasteiger partial charge in [0.1, 0.15) is 20.4 Å². The highest BCUT2D eigenvalue weighted by atomic mass is 32.2. The first-order chi connectivity index (χ1) is 9.28. The molecule has 1 unspecified atom stereocenters. The van der Waals surface area contributed by atoms with E-state index < -0.39 is 9.84 Å². The van der Waals surface area contributed by atoms with Gasteiger partial charge in [0.05, 0.1) is 11.4 Å². The van der Waals surface area contributed by atoms with Crippen LogP contribution in [0, 0.1) is 0 Å². The molecule has 0 aromatic carbocycles. The predicted octanol–water partition coefficient (Wildman–Crippen LogP) is 2.24. The van der Waals surface area contributed by atoms with Crippen molar-refractivity contribution in [2.45, 2.75) is 44.8 Å². The lowest BCUT2D eigenvalue weighted by Crippen LogP contribution is -2.27. The molecular formula is C13H24N2O3S2. The van der Waals surface area contributed by atoms with Crippen molar-refractivity contribution in [3.8, 4) is 0 Å². The highest BCUT2D eigenvalue weighted by molar-refractivity contribution is 7.90. The summed E-state index contributed by atoms with van der Waals surface area (Å²) in [5, 5.41) is 2.82. The van der Waals surface area contributed by atoms with Gasteiger partial charge in [-0.2, -0.15) is 0 Å². The monoisotopic (exact) mass is 320 g/mol. The van der Waals surface area contributed by atoms with Crippen LogP contribution in [0.25, 0.3) is 0 Å². The van der Waals surface area contributed by atoms with Crippen LogP contribution in [0.15, 0.2) is 5.38 Å². The maximum Gasteiger partial charge on any atom is 0.147 e. The molecule has 1 heterocycles. The average Bonchev–Trinajstić information content (AvgIpc) is 2.88. The quantitative estimate of drug-likeness (QED) is 0.794. The summed E-state index contributed by atoms with van der Waals surface area (Å²) >= 11 is 1.53. The molecule has 0 saturated heterocycles. The number of aromatic nitrogens is 1. The standard InChI is InChI=1S/C13H24N2O3S2/c1-5-13(6-2,18-3)12-15-11(9-19-12)10(14)7-8-20(4,16)17/h9-10H,5-8,14H2,1-4H3. The number of hydrogen-bond donors (Lipinski definition) is 1. The molecule has 5 nitrogen and oxygen atoms in total. The van der Waals surface area contributed by atoms with Gasteiger partial charge in [0.2, 0.25) is 0 Å². The molecule has 2 N–H and O–H groups in total. The van der Waals surface area contributed by atoms with Gasteiger partial charge in [-0.3, -0.25) is 0 Å². The lowest BCUT2D eigenvalue weighted by molar-refractivity contribution is -0.0220. The van der Waals surface area contributed by atoms with E-state index >= 15 is 0 Å². The van der Waals surface area contributed by atoms with Crippen LogP contribution < -0.4 is 5.73 Å². The van der Waals surface area contributed by atoms with E-state index in [1.807, 2.05) is 5.38 Å². The van der Waals surface area contributed by atoms with E-state index in [0.29, 0.717) is 6.42 Å². The zero-order valence-corrected chi connectivity index (χ0v) is 14.2. The Kier molecular flexibility index (Phi) is 6.12. The molecule has 0 aliphatic heterocycles. The Morgan fingerprint density at radius 3 is 2.50 bits per heavy atom. The Hall–Kier alpha value is -0.500. The SMILES string of the molecule is CCC(CC)(OC)c1nc(C(N)CCS(C)(=O)=O)cs1. The number of ether oxygens (including phenoxy) is 1. The minimum absolute atomic E-state index is 0.0814. The lowest BCUT2D eigenvalue weighted by Gasteiger charge is -2.27. The second-order valence-electron chi connectivity index (χ2n) is 5.01. The number of thiazole rings is 1. The molecule has 1 aromatic rings. The molecule has 0 amide bonds. The minimum atomic E-state index is -2.99. The summed E-state index contributed by atoms with van der Waals surface area (Å²) in [6, 6.07) is -0.349. The molecule has 0 aliphatic carbocycles. The molecule has 0 radical (unpaired) electrons. The van der Waals surface area contributed by atoms with Gasteiger partial charge in [0.15, 0.2) is 0 Å². The highest BCUT2D eigenvalue weighted by Gasteiger charge is 2.31. The normalized spacial score (nSPS) is 14.4. The summed E-state index contributed by atoms with van der Waals surface area (Å²) in [6.07, 6.45) is 3.29. The Bertz CT molecular complexity index is 513. The molecule has 1 aromatic heterocycles. The highest BCUT2D eigenvalue weighted by Crippen LogP contribution is 2.35. The van der Waals surface area contributed by atoms with Gasteiger partial charge in [-0.15, -0.1) is 11.3 Å². The summed E-state index contributed by atoms with van der Waals surface area (Å²) in [5.74, 6) is 0.0814. The summed E-state index contributed by atoms with van der Waals surface area (Å²) in [5.41, 5.74) is 6.41. The van der Waals surface area contributed by atoms with Crippen molar-refractivity contribution in [2.24, 2.45) is 5.73 Å². The zero-order valence-electron chi connectivity index (χ0n) is 12.5. The Labute approximate surface area is 125 Å². The van der Waals surface area contributed by atoms with Crippen molar-refractivity contribution < 1.29 is 13.2 Å². The summed E-state index contributed by atoms with van der Waals surface area (Å²) in [4.78, 5) is 4.57. The fraction of sp³-hybridized carbons (Fsp3) is 0.769. The zero-order chi connectivity index (χ0) is 15.4. The number of sulfone groups is 1. The molecule has 0 bridgehead atoms. The van der Waals surface area contributed by atoms with Gasteiger partial charge in [-0.1, -0.05) is 13.8 Å². The third kappa shape index (κ3) is 4.25. The number of hydrogen-bond acceptors (Lipinski definition) is 6. The fourth-order valence-electron chi connectivity index (χ4n) is 2.08. The second-order valence-corrected chi connectivity index (χ2v) is 8.13. The van der Waals surface area contributed by atoms with Crippen molar-refractivity contribution >= 4 is 21.2 Å². The minimum Gasteiger partial charge on any atom is -0.371 e. The third-order valence-corrected chi connectivity index (χ3v) is 5.65.